The van der Waals surface area contributed by atoms with Crippen molar-refractivity contribution in [3.05, 3.63) is 145 Å². The molecule has 0 saturated carbocycles. The molecule has 0 radical (unpaired) electrons. The number of fused-ring (bicyclic) bond motifs is 4. The fourth-order valence-corrected chi connectivity index (χ4v) is 5.96. The van der Waals surface area contributed by atoms with Crippen LogP contribution in [0.3, 0.4) is 0 Å². The van der Waals surface area contributed by atoms with Crippen molar-refractivity contribution >= 4 is 34.1 Å². The van der Waals surface area contributed by atoms with Gasteiger partial charge in [0.1, 0.15) is 0 Å². The van der Waals surface area contributed by atoms with Crippen molar-refractivity contribution < 1.29 is 9.47 Å². The Kier molecular flexibility index (Phi) is 5.79. The van der Waals surface area contributed by atoms with E-state index in [1.165, 1.54) is 0 Å². The number of benzene rings is 6. The summed E-state index contributed by atoms with van der Waals surface area (Å²) in [5.74, 6) is 2.90. The van der Waals surface area contributed by atoms with Crippen LogP contribution in [0.2, 0.25) is 0 Å². The molecule has 0 atom stereocenters. The summed E-state index contributed by atoms with van der Waals surface area (Å²) in [7, 11) is 0. The lowest BCUT2D eigenvalue weighted by molar-refractivity contribution is 0.476. The van der Waals surface area contributed by atoms with Crippen LogP contribution in [0.5, 0.6) is 23.0 Å². The van der Waals surface area contributed by atoms with E-state index in [1.807, 2.05) is 133 Å². The molecule has 2 aliphatic heterocycles. The van der Waals surface area contributed by atoms with Gasteiger partial charge in [0.05, 0.1) is 57.4 Å². The van der Waals surface area contributed by atoms with Crippen LogP contribution in [-0.4, -0.2) is 0 Å². The van der Waals surface area contributed by atoms with Crippen LogP contribution in [0.1, 0.15) is 11.1 Å². The third-order valence-corrected chi connectivity index (χ3v) is 7.89. The summed E-state index contributed by atoms with van der Waals surface area (Å²) in [5, 5.41) is 20.1. The second kappa shape index (κ2) is 10.1. The number of nitriles is 2. The van der Waals surface area contributed by atoms with Crippen LogP contribution in [-0.2, 0) is 0 Å². The largest absolute Gasteiger partial charge is 0.453 e. The van der Waals surface area contributed by atoms with Gasteiger partial charge in [0.25, 0.3) is 0 Å². The van der Waals surface area contributed by atoms with Crippen LogP contribution >= 0.6 is 0 Å². The fraction of sp³-hybridized carbons (Fsp3) is 0. The van der Waals surface area contributed by atoms with Gasteiger partial charge in [0, 0.05) is 11.1 Å². The number of ether oxygens (including phenoxy) is 2. The van der Waals surface area contributed by atoms with E-state index in [0.717, 1.165) is 68.2 Å². The van der Waals surface area contributed by atoms with Crippen LogP contribution in [0.15, 0.2) is 133 Å². The topological polar surface area (TPSA) is 72.5 Å². The van der Waals surface area contributed by atoms with E-state index in [9.17, 15) is 10.5 Å². The van der Waals surface area contributed by atoms with Gasteiger partial charge in [-0.15, -0.1) is 0 Å². The molecule has 0 bridgehead atoms. The van der Waals surface area contributed by atoms with Gasteiger partial charge in [-0.3, -0.25) is 0 Å². The molecule has 0 spiro atoms. The number of anilines is 6. The molecule has 44 heavy (non-hydrogen) atoms. The van der Waals surface area contributed by atoms with Crippen LogP contribution < -0.4 is 19.3 Å². The molecule has 0 fully saturated rings. The number of hydrogen-bond donors (Lipinski definition) is 0. The zero-order chi connectivity index (χ0) is 29.6. The Morgan fingerprint density at radius 2 is 0.705 bits per heavy atom. The number of rotatable bonds is 3. The fourth-order valence-electron chi connectivity index (χ4n) is 5.96. The molecule has 8 rings (SSSR count). The molecule has 0 saturated heterocycles. The predicted molar refractivity (Wildman–Crippen MR) is 171 cm³/mol. The van der Waals surface area contributed by atoms with Crippen LogP contribution in [0, 0.1) is 22.7 Å². The molecule has 0 N–H and O–H groups in total. The summed E-state index contributed by atoms with van der Waals surface area (Å²) in [4.78, 5) is 4.32. The molecule has 2 aliphatic rings. The first kappa shape index (κ1) is 25.2. The highest BCUT2D eigenvalue weighted by Gasteiger charge is 2.31. The SMILES string of the molecule is N#Cc1ccc(N2c3ccccc3Oc3ccccc32)c(-c2cc(C#N)ccc2N2c3ccccc3Oc3ccccc32)c1. The lowest BCUT2D eigenvalue weighted by atomic mass is 9.95. The first-order valence-electron chi connectivity index (χ1n) is 14.1. The van der Waals surface area contributed by atoms with Gasteiger partial charge < -0.3 is 19.3 Å². The molecule has 2 heterocycles. The van der Waals surface area contributed by atoms with Gasteiger partial charge >= 0.3 is 0 Å². The molecule has 0 aromatic heterocycles. The van der Waals surface area contributed by atoms with E-state index in [2.05, 4.69) is 21.9 Å². The van der Waals surface area contributed by atoms with Gasteiger partial charge in [-0.1, -0.05) is 48.5 Å². The maximum atomic E-state index is 10.0. The summed E-state index contributed by atoms with van der Waals surface area (Å²) in [6, 6.07) is 47.6. The average molecular weight is 567 g/mol. The molecule has 6 aromatic rings. The van der Waals surface area contributed by atoms with E-state index in [0.29, 0.717) is 11.1 Å². The Morgan fingerprint density at radius 3 is 1.02 bits per heavy atom. The Bertz CT molecular complexity index is 1950. The Morgan fingerprint density at radius 1 is 0.386 bits per heavy atom. The third-order valence-electron chi connectivity index (χ3n) is 7.89. The molecular weight excluding hydrogens is 544 g/mol. The minimum atomic E-state index is 0.509. The standard InChI is InChI=1S/C38H22N4O2/c39-23-25-17-19-29(41-31-9-1-5-13-35(31)43-36-14-6-2-10-32(36)41)27(21-25)28-22-26(24-40)18-20-30(28)42-33-11-3-7-15-37(33)44-38-16-8-4-12-34(38)42/h1-22H. The van der Waals surface area contributed by atoms with Gasteiger partial charge in [0.2, 0.25) is 0 Å². The van der Waals surface area contributed by atoms with E-state index in [-0.39, 0.29) is 0 Å². The Labute approximate surface area is 254 Å². The van der Waals surface area contributed by atoms with Crippen LogP contribution in [0.4, 0.5) is 34.1 Å². The zero-order valence-corrected chi connectivity index (χ0v) is 23.3. The summed E-state index contributed by atoms with van der Waals surface area (Å²) in [6.45, 7) is 0. The minimum absolute atomic E-state index is 0.509. The minimum Gasteiger partial charge on any atom is -0.453 e. The highest BCUT2D eigenvalue weighted by molar-refractivity contribution is 5.99. The van der Waals surface area contributed by atoms with Gasteiger partial charge in [-0.2, -0.15) is 10.5 Å². The maximum Gasteiger partial charge on any atom is 0.151 e. The normalized spacial score (nSPS) is 12.3. The van der Waals surface area contributed by atoms with Crippen molar-refractivity contribution in [1.82, 2.24) is 0 Å². The van der Waals surface area contributed by atoms with Gasteiger partial charge in [0.15, 0.2) is 23.0 Å². The summed E-state index contributed by atoms with van der Waals surface area (Å²) in [5.41, 5.74) is 7.79. The number of para-hydroxylation sites is 8. The monoisotopic (exact) mass is 566 g/mol. The van der Waals surface area contributed by atoms with E-state index in [1.54, 1.807) is 0 Å². The molecular formula is C38H22N4O2. The van der Waals surface area contributed by atoms with Crippen molar-refractivity contribution in [3.8, 4) is 46.3 Å². The maximum absolute atomic E-state index is 10.0. The molecule has 6 heteroatoms. The lowest BCUT2D eigenvalue weighted by Gasteiger charge is -2.36. The number of hydrogen-bond acceptors (Lipinski definition) is 6. The summed E-state index contributed by atoms with van der Waals surface area (Å²) < 4.78 is 12.6. The molecule has 0 aliphatic carbocycles. The second-order valence-corrected chi connectivity index (χ2v) is 10.4. The van der Waals surface area contributed by atoms with Crippen molar-refractivity contribution in [2.24, 2.45) is 0 Å². The van der Waals surface area contributed by atoms with E-state index < -0.39 is 0 Å². The Hall–Kier alpha value is -6.50. The van der Waals surface area contributed by atoms with E-state index in [4.69, 9.17) is 9.47 Å². The molecule has 6 nitrogen and oxygen atoms in total. The average Bonchev–Trinajstić information content (AvgIpc) is 3.09. The molecule has 0 unspecified atom stereocenters. The van der Waals surface area contributed by atoms with Crippen molar-refractivity contribution in [3.63, 3.8) is 0 Å². The van der Waals surface area contributed by atoms with Crippen molar-refractivity contribution in [2.45, 2.75) is 0 Å². The first-order valence-corrected chi connectivity index (χ1v) is 14.1. The second-order valence-electron chi connectivity index (χ2n) is 10.4. The number of nitrogens with zero attached hydrogens (tertiary/aromatic N) is 4. The zero-order valence-electron chi connectivity index (χ0n) is 23.3. The molecule has 6 aromatic carbocycles. The lowest BCUT2D eigenvalue weighted by Crippen LogP contribution is -2.18. The summed E-state index contributed by atoms with van der Waals surface area (Å²) in [6.07, 6.45) is 0. The van der Waals surface area contributed by atoms with Gasteiger partial charge in [-0.25, -0.2) is 0 Å². The molecule has 0 amide bonds. The highest BCUT2D eigenvalue weighted by atomic mass is 16.5. The third kappa shape index (κ3) is 3.94. The summed E-state index contributed by atoms with van der Waals surface area (Å²) >= 11 is 0. The predicted octanol–water partition coefficient (Wildman–Crippen LogP) is 10.2. The Balaban J connectivity index is 1.43. The van der Waals surface area contributed by atoms with Crippen LogP contribution in [0.25, 0.3) is 11.1 Å². The van der Waals surface area contributed by atoms with Gasteiger partial charge in [-0.05, 0) is 84.9 Å². The van der Waals surface area contributed by atoms with E-state index >= 15 is 0 Å². The quantitative estimate of drug-likeness (QED) is 0.212. The molecule has 206 valence electrons. The highest BCUT2D eigenvalue weighted by Crippen LogP contribution is 2.56. The van der Waals surface area contributed by atoms with Crippen molar-refractivity contribution in [2.75, 3.05) is 9.80 Å². The first-order chi connectivity index (χ1) is 21.7. The van der Waals surface area contributed by atoms with Crippen molar-refractivity contribution in [1.29, 1.82) is 10.5 Å². The smallest absolute Gasteiger partial charge is 0.151 e.